The SMILES string of the molecule is O=C(NOC[C@H]1C[C@H](N2CCC(O)CC2)CN1)C1CCC2CN1C(=O)N2OS(=O)(=O)O. The third-order valence-electron chi connectivity index (χ3n) is 6.47. The van der Waals surface area contributed by atoms with Gasteiger partial charge in [0.25, 0.3) is 5.91 Å². The number of amides is 3. The van der Waals surface area contributed by atoms with Gasteiger partial charge in [0.15, 0.2) is 0 Å². The van der Waals surface area contributed by atoms with Gasteiger partial charge in [-0.15, -0.1) is 4.28 Å². The molecule has 4 aliphatic rings. The maximum Gasteiger partial charge on any atom is 0.418 e. The number of likely N-dealkylation sites (tertiary alicyclic amines) is 1. The van der Waals surface area contributed by atoms with E-state index >= 15 is 0 Å². The van der Waals surface area contributed by atoms with Crippen molar-refractivity contribution in [2.45, 2.75) is 62.4 Å². The van der Waals surface area contributed by atoms with Gasteiger partial charge in [0, 0.05) is 38.3 Å². The van der Waals surface area contributed by atoms with E-state index in [1.54, 1.807) is 0 Å². The van der Waals surface area contributed by atoms with Gasteiger partial charge in [-0.25, -0.2) is 10.3 Å². The average Bonchev–Trinajstić information content (AvgIpc) is 3.27. The number of hydroxylamine groups is 3. The highest BCUT2D eigenvalue weighted by Gasteiger charge is 2.49. The summed E-state index contributed by atoms with van der Waals surface area (Å²) in [6, 6.07) is -1.67. The van der Waals surface area contributed by atoms with Gasteiger partial charge in [0.05, 0.1) is 18.8 Å². The predicted molar refractivity (Wildman–Crippen MR) is 104 cm³/mol. The molecule has 4 atom stereocenters. The Balaban J connectivity index is 1.21. The Bertz CT molecular complexity index is 789. The van der Waals surface area contributed by atoms with Crippen LogP contribution in [0.5, 0.6) is 0 Å². The largest absolute Gasteiger partial charge is 0.418 e. The molecule has 4 rings (SSSR count). The lowest BCUT2D eigenvalue weighted by Gasteiger charge is -2.34. The number of nitrogens with one attached hydrogen (secondary N) is 2. The van der Waals surface area contributed by atoms with Crippen molar-refractivity contribution in [3.63, 3.8) is 0 Å². The second-order valence-corrected chi connectivity index (χ2v) is 9.55. The van der Waals surface area contributed by atoms with Gasteiger partial charge < -0.3 is 15.3 Å². The van der Waals surface area contributed by atoms with Crippen molar-refractivity contribution in [3.8, 4) is 0 Å². The second kappa shape index (κ2) is 9.13. The van der Waals surface area contributed by atoms with E-state index in [-0.39, 0.29) is 25.3 Å². The van der Waals surface area contributed by atoms with Crippen molar-refractivity contribution < 1.29 is 36.8 Å². The number of urea groups is 1. The number of fused-ring (bicyclic) bond motifs is 2. The molecule has 14 heteroatoms. The number of carbonyl (C=O) groups excluding carboxylic acids is 2. The number of piperidine rings is 2. The zero-order valence-corrected chi connectivity index (χ0v) is 17.9. The van der Waals surface area contributed by atoms with E-state index < -0.39 is 34.4 Å². The van der Waals surface area contributed by atoms with Crippen LogP contribution in [0.3, 0.4) is 0 Å². The first-order chi connectivity index (χ1) is 14.7. The van der Waals surface area contributed by atoms with Gasteiger partial charge in [-0.05, 0) is 32.1 Å². The molecule has 0 saturated carbocycles. The van der Waals surface area contributed by atoms with Crippen LogP contribution >= 0.6 is 0 Å². The molecule has 176 valence electrons. The van der Waals surface area contributed by atoms with Crippen LogP contribution in [0.2, 0.25) is 0 Å². The van der Waals surface area contributed by atoms with E-state index in [0.717, 1.165) is 38.9 Å². The normalized spacial score (nSPS) is 32.6. The highest BCUT2D eigenvalue weighted by molar-refractivity contribution is 7.80. The summed E-state index contributed by atoms with van der Waals surface area (Å²) >= 11 is 0. The van der Waals surface area contributed by atoms with E-state index in [0.29, 0.717) is 23.9 Å². The molecule has 2 bridgehead atoms. The fraction of sp³-hybridized carbons (Fsp3) is 0.882. The maximum absolute atomic E-state index is 12.5. The first-order valence-corrected chi connectivity index (χ1v) is 11.9. The molecule has 0 radical (unpaired) electrons. The highest BCUT2D eigenvalue weighted by Crippen LogP contribution is 2.30. The van der Waals surface area contributed by atoms with E-state index in [1.165, 1.54) is 4.90 Å². The Hall–Kier alpha value is -1.55. The summed E-state index contributed by atoms with van der Waals surface area (Å²) in [6.45, 7) is 2.99. The third kappa shape index (κ3) is 5.27. The summed E-state index contributed by atoms with van der Waals surface area (Å²) in [7, 11) is -4.83. The van der Waals surface area contributed by atoms with Crippen molar-refractivity contribution in [2.24, 2.45) is 0 Å². The zero-order chi connectivity index (χ0) is 22.2. The van der Waals surface area contributed by atoms with Crippen LogP contribution < -0.4 is 10.8 Å². The second-order valence-electron chi connectivity index (χ2n) is 8.55. The molecule has 4 saturated heterocycles. The third-order valence-corrected chi connectivity index (χ3v) is 6.82. The molecular weight excluding hydrogens is 434 g/mol. The Morgan fingerprint density at radius 2 is 1.94 bits per heavy atom. The van der Waals surface area contributed by atoms with Crippen molar-refractivity contribution in [1.82, 2.24) is 25.7 Å². The quantitative estimate of drug-likeness (QED) is 0.251. The van der Waals surface area contributed by atoms with Crippen molar-refractivity contribution in [3.05, 3.63) is 0 Å². The zero-order valence-electron chi connectivity index (χ0n) is 17.1. The number of rotatable bonds is 7. The van der Waals surface area contributed by atoms with Crippen LogP contribution in [-0.4, -0.2) is 108 Å². The highest BCUT2D eigenvalue weighted by atomic mass is 32.3. The minimum absolute atomic E-state index is 0.0833. The smallest absolute Gasteiger partial charge is 0.393 e. The molecule has 0 aliphatic carbocycles. The van der Waals surface area contributed by atoms with Crippen LogP contribution in [0.15, 0.2) is 0 Å². The standard InChI is InChI=1S/C17H29N5O8S/c23-14-3-5-20(6-4-14)13-7-11(18-8-13)10-29-19-16(24)15-2-1-12-9-21(15)17(25)22(12)30-31(26,27)28/h11-15,18,23H,1-10H2,(H,19,24)(H,26,27,28)/t11-,12?,13+,15?/m1/s1. The summed E-state index contributed by atoms with van der Waals surface area (Å²) in [5.74, 6) is -0.486. The fourth-order valence-electron chi connectivity index (χ4n) is 4.84. The number of hydrogen-bond donors (Lipinski definition) is 4. The monoisotopic (exact) mass is 463 g/mol. The summed E-state index contributed by atoms with van der Waals surface area (Å²) in [5, 5.41) is 13.6. The van der Waals surface area contributed by atoms with Crippen LogP contribution in [0.25, 0.3) is 0 Å². The lowest BCUT2D eigenvalue weighted by molar-refractivity contribution is -0.139. The van der Waals surface area contributed by atoms with Gasteiger partial charge in [0.1, 0.15) is 6.04 Å². The summed E-state index contributed by atoms with van der Waals surface area (Å²) < 4.78 is 35.1. The molecule has 4 heterocycles. The fourth-order valence-corrected chi connectivity index (χ4v) is 5.23. The molecule has 0 spiro atoms. The molecular formula is C17H29N5O8S. The summed E-state index contributed by atoms with van der Waals surface area (Å²) in [5.41, 5.74) is 2.40. The number of hydrogen-bond acceptors (Lipinski definition) is 9. The van der Waals surface area contributed by atoms with Crippen LogP contribution in [-0.2, 0) is 24.3 Å². The van der Waals surface area contributed by atoms with Gasteiger partial charge >= 0.3 is 16.4 Å². The summed E-state index contributed by atoms with van der Waals surface area (Å²) in [6.07, 6.45) is 2.93. The molecule has 0 aromatic rings. The van der Waals surface area contributed by atoms with Crippen LogP contribution in [0, 0.1) is 0 Å². The van der Waals surface area contributed by atoms with E-state index in [4.69, 9.17) is 9.39 Å². The lowest BCUT2D eigenvalue weighted by atomic mass is 10.0. The molecule has 4 N–H and O–H groups in total. The molecule has 0 aromatic heterocycles. The molecule has 0 aromatic carbocycles. The number of aliphatic hydroxyl groups is 1. The van der Waals surface area contributed by atoms with Crippen LogP contribution in [0.1, 0.15) is 32.1 Å². The van der Waals surface area contributed by atoms with Gasteiger partial charge in [-0.2, -0.15) is 13.5 Å². The predicted octanol–water partition coefficient (Wildman–Crippen LogP) is -1.78. The van der Waals surface area contributed by atoms with Gasteiger partial charge in [-0.1, -0.05) is 0 Å². The Morgan fingerprint density at radius 1 is 1.19 bits per heavy atom. The maximum atomic E-state index is 12.5. The molecule has 4 aliphatic heterocycles. The van der Waals surface area contributed by atoms with Gasteiger partial charge in [-0.3, -0.25) is 19.1 Å². The average molecular weight is 464 g/mol. The van der Waals surface area contributed by atoms with E-state index in [1.807, 2.05) is 0 Å². The first kappa shape index (κ1) is 22.6. The lowest BCUT2D eigenvalue weighted by Crippen LogP contribution is -2.50. The Labute approximate surface area is 180 Å². The Morgan fingerprint density at radius 3 is 2.65 bits per heavy atom. The van der Waals surface area contributed by atoms with Crippen LogP contribution in [0.4, 0.5) is 4.79 Å². The van der Waals surface area contributed by atoms with E-state index in [9.17, 15) is 23.1 Å². The first-order valence-electron chi connectivity index (χ1n) is 10.6. The topological polar surface area (TPSA) is 161 Å². The van der Waals surface area contributed by atoms with Crippen molar-refractivity contribution in [1.29, 1.82) is 0 Å². The molecule has 13 nitrogen and oxygen atoms in total. The molecule has 4 fully saturated rings. The number of aliphatic hydroxyl groups excluding tert-OH is 1. The molecule has 31 heavy (non-hydrogen) atoms. The molecule has 3 amide bonds. The van der Waals surface area contributed by atoms with Crippen molar-refractivity contribution >= 4 is 22.3 Å². The number of carbonyl (C=O) groups is 2. The van der Waals surface area contributed by atoms with Gasteiger partial charge in [0.2, 0.25) is 0 Å². The molecule has 2 unspecified atom stereocenters. The minimum atomic E-state index is -4.83. The minimum Gasteiger partial charge on any atom is -0.393 e. The van der Waals surface area contributed by atoms with Crippen molar-refractivity contribution in [2.75, 3.05) is 32.8 Å². The number of nitrogens with zero attached hydrogens (tertiary/aromatic N) is 3. The Kier molecular flexibility index (Phi) is 6.67. The summed E-state index contributed by atoms with van der Waals surface area (Å²) in [4.78, 5) is 33.9. The van der Waals surface area contributed by atoms with E-state index in [2.05, 4.69) is 20.0 Å².